The molecule has 0 amide bonds. The molecule has 5 rings (SSSR count). The van der Waals surface area contributed by atoms with Gasteiger partial charge >= 0.3 is 0 Å². The Morgan fingerprint density at radius 3 is 2.85 bits per heavy atom. The molecule has 0 aliphatic carbocycles. The van der Waals surface area contributed by atoms with Gasteiger partial charge < -0.3 is 9.88 Å². The largest absolute Gasteiger partial charge is 0.344 e. The van der Waals surface area contributed by atoms with Crippen molar-refractivity contribution < 1.29 is 0 Å². The maximum absolute atomic E-state index is 6.29. The molecule has 2 aromatic carbocycles. The molecular weight excluding hydrogens is 354 g/mol. The second-order valence-electron chi connectivity index (χ2n) is 7.33. The molecule has 1 N–H and O–H groups in total. The van der Waals surface area contributed by atoms with Crippen LogP contribution in [-0.4, -0.2) is 16.1 Å². The Bertz CT molecular complexity index is 1160. The first-order valence-electron chi connectivity index (χ1n) is 9.56. The normalized spacial score (nSPS) is 14.0. The first-order valence-corrected chi connectivity index (χ1v) is 9.93. The van der Waals surface area contributed by atoms with Crippen LogP contribution >= 0.6 is 11.6 Å². The third-order valence-corrected chi connectivity index (χ3v) is 6.01. The van der Waals surface area contributed by atoms with Gasteiger partial charge in [-0.1, -0.05) is 35.9 Å². The van der Waals surface area contributed by atoms with E-state index in [-0.39, 0.29) is 0 Å². The maximum atomic E-state index is 6.29. The number of fused-ring (bicyclic) bond motifs is 4. The number of hydrogen-bond acceptors (Lipinski definition) is 2. The molecular formula is C23H22ClN3. The number of nitrogens with one attached hydrogen (secondary N) is 1. The average Bonchev–Trinajstić information content (AvgIpc) is 3.01. The number of pyridine rings is 1. The van der Waals surface area contributed by atoms with E-state index < -0.39 is 0 Å². The van der Waals surface area contributed by atoms with Crippen LogP contribution in [0, 0.1) is 6.92 Å². The molecule has 1 aliphatic rings. The van der Waals surface area contributed by atoms with Crippen LogP contribution in [0.1, 0.15) is 22.5 Å². The van der Waals surface area contributed by atoms with Gasteiger partial charge in [-0.3, -0.25) is 4.98 Å². The van der Waals surface area contributed by atoms with E-state index in [0.717, 1.165) is 43.2 Å². The van der Waals surface area contributed by atoms with Crippen LogP contribution in [0.3, 0.4) is 0 Å². The lowest BCUT2D eigenvalue weighted by Crippen LogP contribution is -2.24. The van der Waals surface area contributed by atoms with E-state index >= 15 is 0 Å². The molecule has 0 bridgehead atoms. The maximum Gasteiger partial charge on any atom is 0.0487 e. The minimum atomic E-state index is 0.807. The Morgan fingerprint density at radius 2 is 1.96 bits per heavy atom. The highest BCUT2D eigenvalue weighted by molar-refractivity contribution is 6.31. The van der Waals surface area contributed by atoms with Gasteiger partial charge in [0.25, 0.3) is 0 Å². The summed E-state index contributed by atoms with van der Waals surface area (Å²) in [4.78, 5) is 4.63. The second kappa shape index (κ2) is 6.66. The van der Waals surface area contributed by atoms with E-state index in [1.807, 2.05) is 12.3 Å². The summed E-state index contributed by atoms with van der Waals surface area (Å²) in [6.07, 6.45) is 4.09. The summed E-state index contributed by atoms with van der Waals surface area (Å²) in [6, 6.07) is 14.9. The van der Waals surface area contributed by atoms with Gasteiger partial charge in [0.15, 0.2) is 0 Å². The Morgan fingerprint density at radius 1 is 1.11 bits per heavy atom. The van der Waals surface area contributed by atoms with Gasteiger partial charge in [-0.2, -0.15) is 0 Å². The highest BCUT2D eigenvalue weighted by Crippen LogP contribution is 2.31. The smallest absolute Gasteiger partial charge is 0.0487 e. The van der Waals surface area contributed by atoms with Gasteiger partial charge in [-0.15, -0.1) is 0 Å². The molecule has 0 unspecified atom stereocenters. The van der Waals surface area contributed by atoms with E-state index in [1.54, 1.807) is 0 Å². The number of benzene rings is 2. The summed E-state index contributed by atoms with van der Waals surface area (Å²) >= 11 is 6.29. The van der Waals surface area contributed by atoms with Crippen molar-refractivity contribution >= 4 is 33.3 Å². The minimum Gasteiger partial charge on any atom is -0.344 e. The molecule has 3 nitrogen and oxygen atoms in total. The molecule has 0 fully saturated rings. The van der Waals surface area contributed by atoms with Gasteiger partial charge in [0.1, 0.15) is 0 Å². The molecule has 0 atom stereocenters. The van der Waals surface area contributed by atoms with Gasteiger partial charge in [0.05, 0.1) is 0 Å². The quantitative estimate of drug-likeness (QED) is 0.543. The van der Waals surface area contributed by atoms with E-state index in [9.17, 15) is 0 Å². The van der Waals surface area contributed by atoms with Gasteiger partial charge in [-0.25, -0.2) is 0 Å². The number of nitrogens with zero attached hydrogens (tertiary/aromatic N) is 2. The van der Waals surface area contributed by atoms with Crippen molar-refractivity contribution in [1.82, 2.24) is 14.9 Å². The fourth-order valence-electron chi connectivity index (χ4n) is 4.43. The van der Waals surface area contributed by atoms with E-state index in [0.29, 0.717) is 0 Å². The van der Waals surface area contributed by atoms with E-state index in [1.165, 1.54) is 38.5 Å². The molecule has 0 saturated heterocycles. The van der Waals surface area contributed by atoms with Crippen LogP contribution in [0.2, 0.25) is 5.02 Å². The molecule has 4 heteroatoms. The summed E-state index contributed by atoms with van der Waals surface area (Å²) in [7, 11) is 0. The fraction of sp³-hybridized carbons (Fsp3) is 0.261. The van der Waals surface area contributed by atoms with E-state index in [2.05, 4.69) is 58.2 Å². The van der Waals surface area contributed by atoms with Crippen molar-refractivity contribution in [2.75, 3.05) is 6.54 Å². The van der Waals surface area contributed by atoms with E-state index in [4.69, 9.17) is 11.6 Å². The lowest BCUT2D eigenvalue weighted by atomic mass is 10.0. The van der Waals surface area contributed by atoms with Crippen molar-refractivity contribution in [3.63, 3.8) is 0 Å². The molecule has 0 saturated carbocycles. The van der Waals surface area contributed by atoms with Crippen LogP contribution < -0.4 is 5.32 Å². The first kappa shape index (κ1) is 16.8. The van der Waals surface area contributed by atoms with Crippen molar-refractivity contribution in [2.24, 2.45) is 0 Å². The topological polar surface area (TPSA) is 29.9 Å². The number of aromatic nitrogens is 2. The summed E-state index contributed by atoms with van der Waals surface area (Å²) in [5, 5.41) is 8.17. The zero-order chi connectivity index (χ0) is 18.4. The Hall–Kier alpha value is -2.36. The van der Waals surface area contributed by atoms with Crippen LogP contribution in [-0.2, 0) is 25.9 Å². The number of aryl methyl sites for hydroxylation is 3. The molecule has 0 spiro atoms. The predicted molar refractivity (Wildman–Crippen MR) is 113 cm³/mol. The molecule has 27 heavy (non-hydrogen) atoms. The Balaban J connectivity index is 1.57. The SMILES string of the molecule is Cc1ncc(CCn2c3c(c4cc(Cl)ccc42)CNCC3)c2ccccc12. The lowest BCUT2D eigenvalue weighted by Gasteiger charge is -2.17. The zero-order valence-corrected chi connectivity index (χ0v) is 16.2. The van der Waals surface area contributed by atoms with Crippen LogP contribution in [0.5, 0.6) is 0 Å². The zero-order valence-electron chi connectivity index (χ0n) is 15.4. The summed E-state index contributed by atoms with van der Waals surface area (Å²) in [6.45, 7) is 5.00. The van der Waals surface area contributed by atoms with Crippen molar-refractivity contribution in [2.45, 2.75) is 32.9 Å². The molecule has 136 valence electrons. The summed E-state index contributed by atoms with van der Waals surface area (Å²) < 4.78 is 2.50. The van der Waals surface area contributed by atoms with Crippen molar-refractivity contribution in [3.05, 3.63) is 76.2 Å². The third-order valence-electron chi connectivity index (χ3n) is 5.77. The Kier molecular flexibility index (Phi) is 4.14. The number of rotatable bonds is 3. The summed E-state index contributed by atoms with van der Waals surface area (Å²) in [5.41, 5.74) is 6.56. The molecule has 3 heterocycles. The van der Waals surface area contributed by atoms with Crippen LogP contribution in [0.15, 0.2) is 48.7 Å². The van der Waals surface area contributed by atoms with Gasteiger partial charge in [0, 0.05) is 65.0 Å². The first-order chi connectivity index (χ1) is 13.2. The van der Waals surface area contributed by atoms with Gasteiger partial charge in [-0.05, 0) is 48.1 Å². The standard InChI is InChI=1S/C23H22ClN3/c1-15-18-4-2-3-5-19(18)16(13-26-15)9-11-27-22-7-6-17(24)12-20(22)21-14-25-10-8-23(21)27/h2-7,12-13,25H,8-11,14H2,1H3. The van der Waals surface area contributed by atoms with Crippen LogP contribution in [0.25, 0.3) is 21.7 Å². The Labute approximate surface area is 164 Å². The number of hydrogen-bond donors (Lipinski definition) is 1. The predicted octanol–water partition coefficient (Wildman–Crippen LogP) is 5.04. The average molecular weight is 376 g/mol. The second-order valence-corrected chi connectivity index (χ2v) is 7.77. The summed E-state index contributed by atoms with van der Waals surface area (Å²) in [5.74, 6) is 0. The fourth-order valence-corrected chi connectivity index (χ4v) is 4.60. The molecule has 2 aromatic heterocycles. The molecule has 1 aliphatic heterocycles. The lowest BCUT2D eigenvalue weighted by molar-refractivity contribution is 0.595. The highest BCUT2D eigenvalue weighted by Gasteiger charge is 2.20. The molecule has 0 radical (unpaired) electrons. The highest BCUT2D eigenvalue weighted by atomic mass is 35.5. The molecule has 4 aromatic rings. The van der Waals surface area contributed by atoms with Crippen molar-refractivity contribution in [1.29, 1.82) is 0 Å². The third kappa shape index (κ3) is 2.82. The monoisotopic (exact) mass is 375 g/mol. The van der Waals surface area contributed by atoms with Crippen molar-refractivity contribution in [3.8, 4) is 0 Å². The number of halogens is 1. The minimum absolute atomic E-state index is 0.807. The van der Waals surface area contributed by atoms with Gasteiger partial charge in [0.2, 0.25) is 0 Å². The van der Waals surface area contributed by atoms with Crippen LogP contribution in [0.4, 0.5) is 0 Å².